The van der Waals surface area contributed by atoms with Gasteiger partial charge in [0.15, 0.2) is 0 Å². The van der Waals surface area contributed by atoms with Crippen molar-refractivity contribution in [3.63, 3.8) is 0 Å². The number of hydrogen-bond donors (Lipinski definition) is 1. The van der Waals surface area contributed by atoms with Gasteiger partial charge in [-0.3, -0.25) is 4.68 Å². The molecule has 1 saturated heterocycles. The van der Waals surface area contributed by atoms with Gasteiger partial charge in [-0.05, 0) is 52.3 Å². The van der Waals surface area contributed by atoms with Crippen molar-refractivity contribution in [1.82, 2.24) is 15.1 Å². The fraction of sp³-hybridized carbons (Fsp3) is 0.769. The van der Waals surface area contributed by atoms with Crippen molar-refractivity contribution in [2.45, 2.75) is 39.2 Å². The molecular weight excluding hydrogens is 214 g/mol. The number of rotatable bonds is 5. The highest BCUT2D eigenvalue weighted by atomic mass is 16.5. The minimum absolute atomic E-state index is 0.451. The molecule has 0 amide bonds. The number of ether oxygens (including phenoxy) is 1. The van der Waals surface area contributed by atoms with Crippen LogP contribution in [0.4, 0.5) is 0 Å². The molecule has 17 heavy (non-hydrogen) atoms. The Labute approximate surface area is 103 Å². The summed E-state index contributed by atoms with van der Waals surface area (Å²) in [6.45, 7) is 7.06. The summed E-state index contributed by atoms with van der Waals surface area (Å²) in [4.78, 5) is 0. The van der Waals surface area contributed by atoms with Crippen LogP contribution >= 0.6 is 0 Å². The Balaban J connectivity index is 2.10. The van der Waals surface area contributed by atoms with Crippen LogP contribution in [0.25, 0.3) is 0 Å². The van der Waals surface area contributed by atoms with Gasteiger partial charge in [-0.25, -0.2) is 0 Å². The van der Waals surface area contributed by atoms with Crippen molar-refractivity contribution in [2.24, 2.45) is 0 Å². The van der Waals surface area contributed by atoms with Crippen LogP contribution in [0.2, 0.25) is 0 Å². The smallest absolute Gasteiger partial charge is 0.0777 e. The summed E-state index contributed by atoms with van der Waals surface area (Å²) in [6.07, 6.45) is 3.38. The van der Waals surface area contributed by atoms with Crippen molar-refractivity contribution in [3.8, 4) is 0 Å². The van der Waals surface area contributed by atoms with E-state index in [4.69, 9.17) is 4.74 Å². The van der Waals surface area contributed by atoms with Crippen LogP contribution in [0.5, 0.6) is 0 Å². The number of nitrogens with one attached hydrogen (secondary N) is 1. The monoisotopic (exact) mass is 237 g/mol. The molecule has 4 heteroatoms. The fourth-order valence-corrected chi connectivity index (χ4v) is 2.57. The first kappa shape index (κ1) is 12.6. The van der Waals surface area contributed by atoms with E-state index in [1.807, 2.05) is 7.05 Å². The third-order valence-corrected chi connectivity index (χ3v) is 3.58. The maximum absolute atomic E-state index is 5.44. The standard InChI is InChI=1S/C13H23N3O/c1-10-13(5-4-7-14-3)11(2)16(15-10)12-6-8-17-9-12/h12,14H,4-9H2,1-3H3. The molecule has 1 atom stereocenters. The predicted octanol–water partition coefficient (Wildman–Crippen LogP) is 1.61. The van der Waals surface area contributed by atoms with E-state index in [1.165, 1.54) is 23.4 Å². The Hall–Kier alpha value is -0.870. The summed E-state index contributed by atoms with van der Waals surface area (Å²) in [7, 11) is 2.00. The molecule has 1 aromatic rings. The Morgan fingerprint density at radius 2 is 2.29 bits per heavy atom. The van der Waals surface area contributed by atoms with Gasteiger partial charge in [0, 0.05) is 12.3 Å². The van der Waals surface area contributed by atoms with Gasteiger partial charge >= 0.3 is 0 Å². The Kier molecular flexibility index (Phi) is 4.18. The van der Waals surface area contributed by atoms with Crippen LogP contribution in [0.1, 0.15) is 35.8 Å². The van der Waals surface area contributed by atoms with Gasteiger partial charge in [0.2, 0.25) is 0 Å². The molecule has 1 aromatic heterocycles. The molecular formula is C13H23N3O. The highest BCUT2D eigenvalue weighted by Gasteiger charge is 2.22. The minimum Gasteiger partial charge on any atom is -0.379 e. The molecule has 0 bridgehead atoms. The van der Waals surface area contributed by atoms with Crippen LogP contribution in [0, 0.1) is 13.8 Å². The quantitative estimate of drug-likeness (QED) is 0.791. The topological polar surface area (TPSA) is 39.1 Å². The van der Waals surface area contributed by atoms with Gasteiger partial charge in [-0.1, -0.05) is 0 Å². The van der Waals surface area contributed by atoms with Gasteiger partial charge in [0.05, 0.1) is 18.3 Å². The summed E-state index contributed by atoms with van der Waals surface area (Å²) >= 11 is 0. The van der Waals surface area contributed by atoms with Crippen LogP contribution in [-0.2, 0) is 11.2 Å². The number of nitrogens with zero attached hydrogens (tertiary/aromatic N) is 2. The van der Waals surface area contributed by atoms with Crippen LogP contribution in [0.15, 0.2) is 0 Å². The molecule has 0 aliphatic carbocycles. The van der Waals surface area contributed by atoms with E-state index in [0.717, 1.165) is 32.6 Å². The van der Waals surface area contributed by atoms with Gasteiger partial charge in [0.25, 0.3) is 0 Å². The summed E-state index contributed by atoms with van der Waals surface area (Å²) in [5.41, 5.74) is 3.94. The SMILES string of the molecule is CNCCCc1c(C)nn(C2CCOC2)c1C. The lowest BCUT2D eigenvalue weighted by atomic mass is 10.1. The van der Waals surface area contributed by atoms with E-state index < -0.39 is 0 Å². The van der Waals surface area contributed by atoms with Crippen molar-refractivity contribution >= 4 is 0 Å². The molecule has 96 valence electrons. The predicted molar refractivity (Wildman–Crippen MR) is 68.4 cm³/mol. The molecule has 2 heterocycles. The van der Waals surface area contributed by atoms with Crippen LogP contribution in [-0.4, -0.2) is 36.6 Å². The first-order valence-corrected chi connectivity index (χ1v) is 6.51. The molecule has 1 N–H and O–H groups in total. The lowest BCUT2D eigenvalue weighted by Crippen LogP contribution is -2.12. The molecule has 1 unspecified atom stereocenters. The van der Waals surface area contributed by atoms with Crippen molar-refractivity contribution in [1.29, 1.82) is 0 Å². The first-order chi connectivity index (χ1) is 8.24. The zero-order valence-corrected chi connectivity index (χ0v) is 11.1. The molecule has 1 aliphatic heterocycles. The lowest BCUT2D eigenvalue weighted by Gasteiger charge is -2.11. The van der Waals surface area contributed by atoms with Crippen molar-refractivity contribution in [3.05, 3.63) is 17.0 Å². The molecule has 1 aliphatic rings. The molecule has 0 radical (unpaired) electrons. The lowest BCUT2D eigenvalue weighted by molar-refractivity contribution is 0.184. The van der Waals surface area contributed by atoms with Crippen molar-refractivity contribution in [2.75, 3.05) is 26.8 Å². The highest BCUT2D eigenvalue weighted by Crippen LogP contribution is 2.24. The zero-order valence-electron chi connectivity index (χ0n) is 11.1. The molecule has 2 rings (SSSR count). The van der Waals surface area contributed by atoms with Crippen molar-refractivity contribution < 1.29 is 4.74 Å². The fourth-order valence-electron chi connectivity index (χ4n) is 2.57. The molecule has 4 nitrogen and oxygen atoms in total. The maximum Gasteiger partial charge on any atom is 0.0777 e. The molecule has 0 spiro atoms. The first-order valence-electron chi connectivity index (χ1n) is 6.51. The normalized spacial score (nSPS) is 20.1. The van der Waals surface area contributed by atoms with E-state index in [2.05, 4.69) is 28.9 Å². The summed E-state index contributed by atoms with van der Waals surface area (Å²) < 4.78 is 7.62. The molecule has 0 aromatic carbocycles. The third-order valence-electron chi connectivity index (χ3n) is 3.58. The Morgan fingerprint density at radius 1 is 1.47 bits per heavy atom. The van der Waals surface area contributed by atoms with E-state index in [0.29, 0.717) is 6.04 Å². The number of aryl methyl sites for hydroxylation is 1. The Bertz CT molecular complexity index is 367. The van der Waals surface area contributed by atoms with E-state index >= 15 is 0 Å². The highest BCUT2D eigenvalue weighted by molar-refractivity contribution is 5.25. The minimum atomic E-state index is 0.451. The van der Waals surface area contributed by atoms with E-state index in [-0.39, 0.29) is 0 Å². The van der Waals surface area contributed by atoms with Gasteiger partial charge in [0.1, 0.15) is 0 Å². The average Bonchev–Trinajstić information content (AvgIpc) is 2.91. The van der Waals surface area contributed by atoms with E-state index in [1.54, 1.807) is 0 Å². The summed E-state index contributed by atoms with van der Waals surface area (Å²) in [5, 5.41) is 7.88. The summed E-state index contributed by atoms with van der Waals surface area (Å²) in [6, 6.07) is 0.451. The molecule has 0 saturated carbocycles. The number of hydrogen-bond acceptors (Lipinski definition) is 3. The number of aromatic nitrogens is 2. The Morgan fingerprint density at radius 3 is 2.94 bits per heavy atom. The van der Waals surface area contributed by atoms with Crippen LogP contribution in [0.3, 0.4) is 0 Å². The van der Waals surface area contributed by atoms with Crippen LogP contribution < -0.4 is 5.32 Å². The van der Waals surface area contributed by atoms with Gasteiger partial charge < -0.3 is 10.1 Å². The summed E-state index contributed by atoms with van der Waals surface area (Å²) in [5.74, 6) is 0. The van der Waals surface area contributed by atoms with Gasteiger partial charge in [-0.15, -0.1) is 0 Å². The van der Waals surface area contributed by atoms with Gasteiger partial charge in [-0.2, -0.15) is 5.10 Å². The second kappa shape index (κ2) is 5.65. The largest absolute Gasteiger partial charge is 0.379 e. The second-order valence-corrected chi connectivity index (χ2v) is 4.82. The zero-order chi connectivity index (χ0) is 12.3. The molecule has 1 fully saturated rings. The second-order valence-electron chi connectivity index (χ2n) is 4.82. The van der Waals surface area contributed by atoms with E-state index in [9.17, 15) is 0 Å². The third kappa shape index (κ3) is 2.69. The average molecular weight is 237 g/mol. The maximum atomic E-state index is 5.44.